The first kappa shape index (κ1) is 12.2. The number of para-hydroxylation sites is 1. The van der Waals surface area contributed by atoms with E-state index in [4.69, 9.17) is 4.42 Å². The molecular formula is C14H15NO3. The second-order valence-corrected chi connectivity index (χ2v) is 3.94. The van der Waals surface area contributed by atoms with E-state index in [1.807, 2.05) is 31.2 Å². The lowest BCUT2D eigenvalue weighted by Gasteiger charge is -2.08. The van der Waals surface area contributed by atoms with Crippen molar-refractivity contribution < 1.29 is 13.9 Å². The van der Waals surface area contributed by atoms with Crippen LogP contribution in [0.4, 0.5) is 5.69 Å². The first-order valence-electron chi connectivity index (χ1n) is 5.66. The zero-order valence-corrected chi connectivity index (χ0v) is 10.4. The molecule has 0 amide bonds. The highest BCUT2D eigenvalue weighted by Crippen LogP contribution is 2.17. The molecule has 4 heteroatoms. The Morgan fingerprint density at radius 3 is 2.83 bits per heavy atom. The fourth-order valence-electron chi connectivity index (χ4n) is 1.71. The molecule has 0 spiro atoms. The number of rotatable bonds is 4. The van der Waals surface area contributed by atoms with Gasteiger partial charge in [-0.1, -0.05) is 18.2 Å². The van der Waals surface area contributed by atoms with Crippen molar-refractivity contribution in [2.24, 2.45) is 0 Å². The summed E-state index contributed by atoms with van der Waals surface area (Å²) in [4.78, 5) is 11.4. The van der Waals surface area contributed by atoms with Crippen LogP contribution in [0.2, 0.25) is 0 Å². The van der Waals surface area contributed by atoms with E-state index in [1.165, 1.54) is 13.4 Å². The molecule has 94 valence electrons. The number of hydrogen-bond acceptors (Lipinski definition) is 4. The number of furan rings is 1. The third-order valence-corrected chi connectivity index (χ3v) is 2.73. The summed E-state index contributed by atoms with van der Waals surface area (Å²) >= 11 is 0. The van der Waals surface area contributed by atoms with Crippen molar-refractivity contribution in [3.05, 3.63) is 53.5 Å². The number of benzene rings is 1. The molecule has 1 heterocycles. The largest absolute Gasteiger partial charge is 0.463 e. The minimum absolute atomic E-state index is 0.249. The first-order chi connectivity index (χ1) is 8.72. The lowest BCUT2D eigenvalue weighted by Crippen LogP contribution is -2.07. The van der Waals surface area contributed by atoms with Crippen LogP contribution in [0.1, 0.15) is 21.7 Å². The molecule has 0 fully saturated rings. The highest BCUT2D eigenvalue weighted by atomic mass is 16.5. The maximum absolute atomic E-state index is 11.4. The number of carbonyl (C=O) groups excluding carboxylic acids is 1. The maximum atomic E-state index is 11.4. The van der Waals surface area contributed by atoms with Crippen LogP contribution in [-0.4, -0.2) is 13.1 Å². The number of esters is 1. The van der Waals surface area contributed by atoms with E-state index in [-0.39, 0.29) is 5.76 Å². The summed E-state index contributed by atoms with van der Waals surface area (Å²) in [5.74, 6) is -0.208. The summed E-state index contributed by atoms with van der Waals surface area (Å²) in [5.41, 5.74) is 2.97. The molecule has 0 saturated carbocycles. The van der Waals surface area contributed by atoms with E-state index in [1.54, 1.807) is 6.07 Å². The van der Waals surface area contributed by atoms with Gasteiger partial charge >= 0.3 is 5.97 Å². The summed E-state index contributed by atoms with van der Waals surface area (Å²) in [6, 6.07) is 9.73. The van der Waals surface area contributed by atoms with Gasteiger partial charge in [0.25, 0.3) is 0 Å². The molecule has 0 radical (unpaired) electrons. The molecule has 0 aliphatic carbocycles. The zero-order chi connectivity index (χ0) is 13.0. The number of carbonyl (C=O) groups is 1. The topological polar surface area (TPSA) is 51.5 Å². The smallest absolute Gasteiger partial charge is 0.374 e. The summed E-state index contributed by atoms with van der Waals surface area (Å²) in [6.45, 7) is 2.55. The zero-order valence-electron chi connectivity index (χ0n) is 10.4. The highest BCUT2D eigenvalue weighted by molar-refractivity contribution is 5.87. The van der Waals surface area contributed by atoms with E-state index in [0.29, 0.717) is 6.54 Å². The summed E-state index contributed by atoms with van der Waals surface area (Å²) in [6.07, 6.45) is 1.49. The average Bonchev–Trinajstić information content (AvgIpc) is 2.85. The molecule has 1 aromatic heterocycles. The Morgan fingerprint density at radius 1 is 1.33 bits per heavy atom. The summed E-state index contributed by atoms with van der Waals surface area (Å²) < 4.78 is 9.77. The molecule has 0 aliphatic rings. The van der Waals surface area contributed by atoms with Crippen LogP contribution < -0.4 is 5.32 Å². The van der Waals surface area contributed by atoms with Crippen LogP contribution >= 0.6 is 0 Å². The molecule has 1 N–H and O–H groups in total. The van der Waals surface area contributed by atoms with Crippen LogP contribution in [0, 0.1) is 6.92 Å². The molecule has 2 rings (SSSR count). The van der Waals surface area contributed by atoms with Gasteiger partial charge < -0.3 is 14.5 Å². The number of hydrogen-bond donors (Lipinski definition) is 1. The summed E-state index contributed by atoms with van der Waals surface area (Å²) in [7, 11) is 1.34. The second kappa shape index (κ2) is 5.40. The summed E-state index contributed by atoms with van der Waals surface area (Å²) in [5, 5.41) is 3.27. The Labute approximate surface area is 106 Å². The van der Waals surface area contributed by atoms with E-state index in [2.05, 4.69) is 10.1 Å². The fraction of sp³-hybridized carbons (Fsp3) is 0.214. The number of aryl methyl sites for hydroxylation is 1. The monoisotopic (exact) mass is 245 g/mol. The number of methoxy groups -OCH3 is 1. The highest BCUT2D eigenvalue weighted by Gasteiger charge is 2.15. The van der Waals surface area contributed by atoms with Crippen molar-refractivity contribution in [2.45, 2.75) is 13.5 Å². The van der Waals surface area contributed by atoms with Gasteiger partial charge in [-0.15, -0.1) is 0 Å². The molecule has 0 unspecified atom stereocenters. The van der Waals surface area contributed by atoms with Crippen molar-refractivity contribution in [1.82, 2.24) is 0 Å². The van der Waals surface area contributed by atoms with Gasteiger partial charge in [0.2, 0.25) is 5.76 Å². The first-order valence-corrected chi connectivity index (χ1v) is 5.66. The molecule has 0 aliphatic heterocycles. The predicted octanol–water partition coefficient (Wildman–Crippen LogP) is 2.99. The molecule has 18 heavy (non-hydrogen) atoms. The molecule has 0 atom stereocenters. The fourth-order valence-corrected chi connectivity index (χ4v) is 1.71. The van der Waals surface area contributed by atoms with Crippen LogP contribution in [0.25, 0.3) is 0 Å². The van der Waals surface area contributed by atoms with Gasteiger partial charge in [0.1, 0.15) is 0 Å². The van der Waals surface area contributed by atoms with Gasteiger partial charge in [-0.25, -0.2) is 4.79 Å². The standard InChI is InChI=1S/C14H15NO3/c1-10-5-3-4-6-12(10)15-9-11-7-8-18-13(11)14(16)17-2/h3-8,15H,9H2,1-2H3. The quantitative estimate of drug-likeness (QED) is 0.841. The third-order valence-electron chi connectivity index (χ3n) is 2.73. The molecular weight excluding hydrogens is 230 g/mol. The number of nitrogens with one attached hydrogen (secondary N) is 1. The third kappa shape index (κ3) is 2.53. The van der Waals surface area contributed by atoms with Gasteiger partial charge in [0.05, 0.1) is 13.4 Å². The Bertz CT molecular complexity index is 545. The molecule has 4 nitrogen and oxygen atoms in total. The second-order valence-electron chi connectivity index (χ2n) is 3.94. The lowest BCUT2D eigenvalue weighted by molar-refractivity contribution is 0.0563. The van der Waals surface area contributed by atoms with Crippen LogP contribution in [0.5, 0.6) is 0 Å². The van der Waals surface area contributed by atoms with Gasteiger partial charge in [0, 0.05) is 17.8 Å². The normalized spacial score (nSPS) is 10.1. The van der Waals surface area contributed by atoms with Gasteiger partial charge in [-0.05, 0) is 24.6 Å². The van der Waals surface area contributed by atoms with Crippen molar-refractivity contribution in [2.75, 3.05) is 12.4 Å². The minimum atomic E-state index is -0.457. The van der Waals surface area contributed by atoms with E-state index < -0.39 is 5.97 Å². The molecule has 2 aromatic rings. The molecule has 0 saturated heterocycles. The van der Waals surface area contributed by atoms with Gasteiger partial charge in [-0.2, -0.15) is 0 Å². The van der Waals surface area contributed by atoms with Crippen LogP contribution in [-0.2, 0) is 11.3 Å². The Hall–Kier alpha value is -2.23. The molecule has 0 bridgehead atoms. The van der Waals surface area contributed by atoms with Crippen molar-refractivity contribution in [3.63, 3.8) is 0 Å². The number of anilines is 1. The van der Waals surface area contributed by atoms with Gasteiger partial charge in [-0.3, -0.25) is 0 Å². The lowest BCUT2D eigenvalue weighted by atomic mass is 10.2. The van der Waals surface area contributed by atoms with Crippen molar-refractivity contribution in [3.8, 4) is 0 Å². The Balaban J connectivity index is 2.09. The van der Waals surface area contributed by atoms with Gasteiger partial charge in [0.15, 0.2) is 0 Å². The van der Waals surface area contributed by atoms with E-state index in [9.17, 15) is 4.79 Å². The Morgan fingerprint density at radius 2 is 2.11 bits per heavy atom. The van der Waals surface area contributed by atoms with Crippen LogP contribution in [0.3, 0.4) is 0 Å². The van der Waals surface area contributed by atoms with E-state index >= 15 is 0 Å². The van der Waals surface area contributed by atoms with Crippen molar-refractivity contribution >= 4 is 11.7 Å². The predicted molar refractivity (Wildman–Crippen MR) is 68.6 cm³/mol. The minimum Gasteiger partial charge on any atom is -0.463 e. The Kier molecular flexibility index (Phi) is 3.67. The number of ether oxygens (including phenoxy) is 1. The average molecular weight is 245 g/mol. The van der Waals surface area contributed by atoms with Crippen LogP contribution in [0.15, 0.2) is 41.0 Å². The van der Waals surface area contributed by atoms with Crippen molar-refractivity contribution in [1.29, 1.82) is 0 Å². The molecule has 1 aromatic carbocycles. The SMILES string of the molecule is COC(=O)c1occc1CNc1ccccc1C. The van der Waals surface area contributed by atoms with E-state index in [0.717, 1.165) is 16.8 Å². The maximum Gasteiger partial charge on any atom is 0.374 e.